The lowest BCUT2D eigenvalue weighted by atomic mass is 10.0. The number of carbonyl (C=O) groups is 1. The molecule has 0 aliphatic rings. The lowest BCUT2D eigenvalue weighted by Crippen LogP contribution is -2.20. The molecule has 35 heavy (non-hydrogen) atoms. The number of hydrogen-bond acceptors (Lipinski definition) is 3. The summed E-state index contributed by atoms with van der Waals surface area (Å²) in [5.74, 6) is -1.90. The molecule has 4 rings (SSSR count). The van der Waals surface area contributed by atoms with Crippen molar-refractivity contribution in [3.8, 4) is 0 Å². The van der Waals surface area contributed by atoms with Crippen LogP contribution in [0.1, 0.15) is 34.7 Å². The number of pyridine rings is 1. The number of benzene rings is 2. The van der Waals surface area contributed by atoms with E-state index in [1.54, 1.807) is 30.7 Å². The Morgan fingerprint density at radius 2 is 1.63 bits per heavy atom. The zero-order valence-electron chi connectivity index (χ0n) is 18.8. The van der Waals surface area contributed by atoms with E-state index in [1.807, 2.05) is 0 Å². The number of H-pyrrole nitrogens is 1. The lowest BCUT2D eigenvalue weighted by molar-refractivity contribution is -0.119. The maximum atomic E-state index is 14.6. The van der Waals surface area contributed by atoms with Gasteiger partial charge in [-0.05, 0) is 41.5 Å². The molecule has 180 valence electrons. The number of halogens is 4. The maximum Gasteiger partial charge on any atom is 0.217 e. The molecular weight excluding hydrogens is 477 g/mol. The first-order valence-electron chi connectivity index (χ1n) is 10.7. The summed E-state index contributed by atoms with van der Waals surface area (Å²) in [5, 5.41) is 6.75. The number of aromatic nitrogens is 2. The molecule has 1 amide bonds. The predicted octanol–water partition coefficient (Wildman–Crippen LogP) is 5.62. The third kappa shape index (κ3) is 5.66. The molecule has 9 heteroatoms. The van der Waals surface area contributed by atoms with E-state index in [-0.39, 0.29) is 42.4 Å². The molecular formula is C26H22ClF3N4O. The number of hydrogen-bond donors (Lipinski definition) is 3. The van der Waals surface area contributed by atoms with E-state index in [2.05, 4.69) is 27.2 Å². The van der Waals surface area contributed by atoms with Gasteiger partial charge in [-0.25, -0.2) is 13.2 Å². The van der Waals surface area contributed by atoms with Crippen molar-refractivity contribution in [2.75, 3.05) is 0 Å². The van der Waals surface area contributed by atoms with Gasteiger partial charge in [0.25, 0.3) is 0 Å². The molecule has 0 bridgehead atoms. The van der Waals surface area contributed by atoms with Gasteiger partial charge in [-0.15, -0.1) is 0 Å². The van der Waals surface area contributed by atoms with Crippen LogP contribution in [-0.4, -0.2) is 15.9 Å². The van der Waals surface area contributed by atoms with Crippen LogP contribution in [0.5, 0.6) is 0 Å². The zero-order chi connectivity index (χ0) is 25.1. The first kappa shape index (κ1) is 24.3. The second kappa shape index (κ2) is 10.2. The highest BCUT2D eigenvalue weighted by molar-refractivity contribution is 6.35. The minimum absolute atomic E-state index is 0.0669. The summed E-state index contributed by atoms with van der Waals surface area (Å²) in [4.78, 5) is 18.1. The number of fused-ring (bicyclic) bond motifs is 1. The highest BCUT2D eigenvalue weighted by atomic mass is 35.5. The smallest absolute Gasteiger partial charge is 0.217 e. The zero-order valence-corrected chi connectivity index (χ0v) is 19.6. The maximum absolute atomic E-state index is 14.6. The summed E-state index contributed by atoms with van der Waals surface area (Å²) in [5.41, 5.74) is 3.02. The molecule has 2 heterocycles. The van der Waals surface area contributed by atoms with Gasteiger partial charge < -0.3 is 15.6 Å². The second-order valence-electron chi connectivity index (χ2n) is 8.16. The molecule has 2 aromatic heterocycles. The fourth-order valence-corrected chi connectivity index (χ4v) is 3.89. The van der Waals surface area contributed by atoms with Crippen LogP contribution in [0.3, 0.4) is 0 Å². The van der Waals surface area contributed by atoms with E-state index in [1.165, 1.54) is 13.0 Å². The van der Waals surface area contributed by atoms with Crippen molar-refractivity contribution in [1.82, 2.24) is 20.6 Å². The Balaban J connectivity index is 1.46. The van der Waals surface area contributed by atoms with Crippen LogP contribution in [-0.2, 0) is 24.3 Å². The van der Waals surface area contributed by atoms with Crippen molar-refractivity contribution in [3.63, 3.8) is 0 Å². The molecule has 0 aliphatic heterocycles. The summed E-state index contributed by atoms with van der Waals surface area (Å²) >= 11 is 6.13. The standard InChI is InChI=1S/C26H22ClF3N4O/c1-14(32-11-19-5-21-22(27)13-34-26(21)8-25(19)30)18-4-16(9-31-10-18)3-17-6-24(29)20(7-23(17)28)12-33-15(2)35/h4-10,13,32,34H,1,3,11-12H2,2H3,(H,33,35). The van der Waals surface area contributed by atoms with Crippen LogP contribution in [0, 0.1) is 17.5 Å². The van der Waals surface area contributed by atoms with E-state index in [9.17, 15) is 18.0 Å². The van der Waals surface area contributed by atoms with E-state index < -0.39 is 11.6 Å². The van der Waals surface area contributed by atoms with Crippen LogP contribution in [0.4, 0.5) is 13.2 Å². The predicted molar refractivity (Wildman–Crippen MR) is 130 cm³/mol. The van der Waals surface area contributed by atoms with E-state index in [0.29, 0.717) is 32.9 Å². The number of carbonyl (C=O) groups excluding carboxylic acids is 1. The number of rotatable bonds is 8. The molecule has 0 saturated carbocycles. The third-order valence-electron chi connectivity index (χ3n) is 5.57. The summed E-state index contributed by atoms with van der Waals surface area (Å²) in [6.07, 6.45) is 4.84. The molecule has 0 fully saturated rings. The van der Waals surface area contributed by atoms with Crippen molar-refractivity contribution >= 4 is 34.1 Å². The van der Waals surface area contributed by atoms with Gasteiger partial charge in [-0.3, -0.25) is 9.78 Å². The average molecular weight is 499 g/mol. The number of nitrogens with one attached hydrogen (secondary N) is 3. The van der Waals surface area contributed by atoms with Gasteiger partial charge in [0.2, 0.25) is 5.91 Å². The largest absolute Gasteiger partial charge is 0.381 e. The van der Waals surface area contributed by atoms with Crippen molar-refractivity contribution < 1.29 is 18.0 Å². The molecule has 0 aliphatic carbocycles. The number of amides is 1. The van der Waals surface area contributed by atoms with Crippen LogP contribution < -0.4 is 10.6 Å². The summed E-state index contributed by atoms with van der Waals surface area (Å²) < 4.78 is 43.4. The molecule has 0 atom stereocenters. The third-order valence-corrected chi connectivity index (χ3v) is 5.88. The molecule has 0 spiro atoms. The highest BCUT2D eigenvalue weighted by Gasteiger charge is 2.13. The molecule has 3 N–H and O–H groups in total. The van der Waals surface area contributed by atoms with Gasteiger partial charge in [-0.2, -0.15) is 0 Å². The minimum Gasteiger partial charge on any atom is -0.381 e. The van der Waals surface area contributed by atoms with Gasteiger partial charge >= 0.3 is 0 Å². The van der Waals surface area contributed by atoms with Crippen molar-refractivity contribution in [2.24, 2.45) is 0 Å². The Morgan fingerprint density at radius 3 is 2.40 bits per heavy atom. The van der Waals surface area contributed by atoms with E-state index in [4.69, 9.17) is 11.6 Å². The van der Waals surface area contributed by atoms with Crippen LogP contribution in [0.2, 0.25) is 5.02 Å². The van der Waals surface area contributed by atoms with Gasteiger partial charge in [0.1, 0.15) is 17.5 Å². The molecule has 0 radical (unpaired) electrons. The van der Waals surface area contributed by atoms with Gasteiger partial charge in [0, 0.05) is 78.3 Å². The van der Waals surface area contributed by atoms with Gasteiger partial charge in [0.05, 0.1) is 5.02 Å². The quantitative estimate of drug-likeness (QED) is 0.295. The Morgan fingerprint density at radius 1 is 0.971 bits per heavy atom. The van der Waals surface area contributed by atoms with Crippen molar-refractivity contribution in [1.29, 1.82) is 0 Å². The Hall–Kier alpha value is -3.78. The summed E-state index contributed by atoms with van der Waals surface area (Å²) in [6.45, 7) is 5.37. The fourth-order valence-electron chi connectivity index (χ4n) is 3.68. The molecule has 0 saturated heterocycles. The summed E-state index contributed by atoms with van der Waals surface area (Å²) in [7, 11) is 0. The van der Waals surface area contributed by atoms with Gasteiger partial charge in [-0.1, -0.05) is 18.2 Å². The first-order valence-corrected chi connectivity index (χ1v) is 11.1. The summed E-state index contributed by atoms with van der Waals surface area (Å²) in [6, 6.07) is 7.02. The molecule has 2 aromatic carbocycles. The first-order chi connectivity index (χ1) is 16.7. The Bertz CT molecular complexity index is 1430. The van der Waals surface area contributed by atoms with Crippen LogP contribution >= 0.6 is 11.6 Å². The SMILES string of the molecule is C=C(NCc1cc2c(Cl)c[nH]c2cc1F)c1cncc(Cc2cc(F)c(CNC(C)=O)cc2F)c1. The van der Waals surface area contributed by atoms with E-state index in [0.717, 1.165) is 17.5 Å². The topological polar surface area (TPSA) is 69.8 Å². The van der Waals surface area contributed by atoms with Gasteiger partial charge in [0.15, 0.2) is 0 Å². The average Bonchev–Trinajstić information content (AvgIpc) is 3.17. The fraction of sp³-hybridized carbons (Fsp3) is 0.154. The minimum atomic E-state index is -0.605. The van der Waals surface area contributed by atoms with Crippen molar-refractivity contribution in [2.45, 2.75) is 26.4 Å². The number of nitrogens with zero attached hydrogens (tertiary/aromatic N) is 1. The van der Waals surface area contributed by atoms with Crippen LogP contribution in [0.15, 0.2) is 55.5 Å². The molecule has 5 nitrogen and oxygen atoms in total. The van der Waals surface area contributed by atoms with Crippen molar-refractivity contribution in [3.05, 3.63) is 106 Å². The Labute approximate surface area is 205 Å². The second-order valence-corrected chi connectivity index (χ2v) is 8.57. The van der Waals surface area contributed by atoms with Crippen LogP contribution in [0.25, 0.3) is 16.6 Å². The highest BCUT2D eigenvalue weighted by Crippen LogP contribution is 2.26. The number of aromatic amines is 1. The Kier molecular flexibility index (Phi) is 7.12. The lowest BCUT2D eigenvalue weighted by Gasteiger charge is -2.12. The molecule has 4 aromatic rings. The normalized spacial score (nSPS) is 11.0. The molecule has 0 unspecified atom stereocenters. The monoisotopic (exact) mass is 498 g/mol. The van der Waals surface area contributed by atoms with E-state index >= 15 is 0 Å².